The van der Waals surface area contributed by atoms with Gasteiger partial charge in [0.25, 0.3) is 0 Å². The van der Waals surface area contributed by atoms with E-state index in [1.807, 2.05) is 11.1 Å². The molecular formula is C27H38ClNO3. The van der Waals surface area contributed by atoms with Crippen LogP contribution in [0.15, 0.2) is 30.0 Å². The second-order valence-corrected chi connectivity index (χ2v) is 11.8. The molecule has 4 nitrogen and oxygen atoms in total. The molecule has 1 aromatic carbocycles. The van der Waals surface area contributed by atoms with Gasteiger partial charge in [0.15, 0.2) is 0 Å². The van der Waals surface area contributed by atoms with Gasteiger partial charge < -0.3 is 10.0 Å². The van der Waals surface area contributed by atoms with E-state index in [-0.39, 0.29) is 29.2 Å². The van der Waals surface area contributed by atoms with Crippen LogP contribution in [0.3, 0.4) is 0 Å². The van der Waals surface area contributed by atoms with Crippen molar-refractivity contribution in [3.63, 3.8) is 0 Å². The van der Waals surface area contributed by atoms with E-state index in [0.29, 0.717) is 19.3 Å². The van der Waals surface area contributed by atoms with Crippen molar-refractivity contribution in [1.82, 2.24) is 4.90 Å². The minimum absolute atomic E-state index is 0.0229. The van der Waals surface area contributed by atoms with Crippen LogP contribution in [0.2, 0.25) is 5.02 Å². The van der Waals surface area contributed by atoms with Gasteiger partial charge in [-0.3, -0.25) is 9.59 Å². The van der Waals surface area contributed by atoms with Crippen LogP contribution < -0.4 is 0 Å². The summed E-state index contributed by atoms with van der Waals surface area (Å²) in [4.78, 5) is 26.5. The maximum absolute atomic E-state index is 13.3. The number of aryl methyl sites for hydroxylation is 1. The van der Waals surface area contributed by atoms with Crippen molar-refractivity contribution < 1.29 is 14.7 Å². The zero-order valence-corrected chi connectivity index (χ0v) is 21.1. The average molecular weight is 460 g/mol. The Labute approximate surface area is 198 Å². The lowest BCUT2D eigenvalue weighted by Gasteiger charge is -2.43. The van der Waals surface area contributed by atoms with Gasteiger partial charge in [-0.2, -0.15) is 0 Å². The van der Waals surface area contributed by atoms with Gasteiger partial charge in [0.05, 0.1) is 5.92 Å². The van der Waals surface area contributed by atoms with Crippen molar-refractivity contribution >= 4 is 23.5 Å². The lowest BCUT2D eigenvalue weighted by Crippen LogP contribution is -2.45. The molecule has 0 bridgehead atoms. The number of carboxylic acids is 1. The Morgan fingerprint density at radius 2 is 1.97 bits per heavy atom. The quantitative estimate of drug-likeness (QED) is 0.521. The summed E-state index contributed by atoms with van der Waals surface area (Å²) in [6, 6.07) is 6.29. The first-order valence-electron chi connectivity index (χ1n) is 11.9. The van der Waals surface area contributed by atoms with Crippen LogP contribution >= 0.6 is 11.6 Å². The average Bonchev–Trinajstić information content (AvgIpc) is 3.16. The molecule has 32 heavy (non-hydrogen) atoms. The summed E-state index contributed by atoms with van der Waals surface area (Å²) in [5.74, 6) is -0.778. The van der Waals surface area contributed by atoms with Crippen molar-refractivity contribution in [1.29, 1.82) is 0 Å². The van der Waals surface area contributed by atoms with Crippen molar-refractivity contribution in [2.75, 3.05) is 0 Å². The van der Waals surface area contributed by atoms with Gasteiger partial charge in [0.2, 0.25) is 5.91 Å². The number of amides is 1. The summed E-state index contributed by atoms with van der Waals surface area (Å²) in [6.45, 7) is 13.2. The number of rotatable bonds is 6. The predicted octanol–water partition coefficient (Wildman–Crippen LogP) is 6.60. The zero-order chi connectivity index (χ0) is 23.8. The summed E-state index contributed by atoms with van der Waals surface area (Å²) in [5.41, 5.74) is 3.26. The molecule has 0 saturated heterocycles. The molecule has 0 unspecified atom stereocenters. The Kier molecular flexibility index (Phi) is 7.14. The number of halogens is 1. The first-order valence-corrected chi connectivity index (χ1v) is 12.2. The highest BCUT2D eigenvalue weighted by Gasteiger charge is 2.44. The predicted molar refractivity (Wildman–Crippen MR) is 130 cm³/mol. The lowest BCUT2D eigenvalue weighted by molar-refractivity contribution is -0.142. The highest BCUT2D eigenvalue weighted by molar-refractivity contribution is 6.31. The highest BCUT2D eigenvalue weighted by atomic mass is 35.5. The smallest absolute Gasteiger partial charge is 0.306 e. The Balaban J connectivity index is 1.90. The van der Waals surface area contributed by atoms with Crippen molar-refractivity contribution in [3.05, 3.63) is 46.1 Å². The van der Waals surface area contributed by atoms with Crippen LogP contribution in [-0.4, -0.2) is 27.9 Å². The molecule has 1 aliphatic carbocycles. The fourth-order valence-corrected chi connectivity index (χ4v) is 5.54. The van der Waals surface area contributed by atoms with Gasteiger partial charge in [-0.25, -0.2) is 0 Å². The standard InChI is InChI=1S/C27H38ClNO3/c1-17(2)22-16-29(21-10-8-19(13-21)25(31)32)24(30)15-27(22,6)20-9-7-18(23(28)14-20)11-12-26(3,4)5/h7,9,14,16-17,19,21H,8,10-13,15H2,1-6H3,(H,31,32)/t19-,21+,27+/m1/s1. The van der Waals surface area contributed by atoms with Crippen LogP contribution in [0.1, 0.15) is 84.8 Å². The molecule has 3 rings (SSSR count). The second kappa shape index (κ2) is 9.21. The van der Waals surface area contributed by atoms with Crippen LogP contribution in [-0.2, 0) is 21.4 Å². The summed E-state index contributed by atoms with van der Waals surface area (Å²) in [6.07, 6.45) is 6.31. The monoisotopic (exact) mass is 459 g/mol. The van der Waals surface area contributed by atoms with E-state index < -0.39 is 11.4 Å². The number of benzene rings is 1. The molecule has 1 amide bonds. The molecule has 0 aromatic heterocycles. The number of aliphatic carboxylic acids is 1. The molecule has 1 heterocycles. The van der Waals surface area contributed by atoms with E-state index in [1.165, 1.54) is 5.57 Å². The third kappa shape index (κ3) is 5.22. The number of allylic oxidation sites excluding steroid dienone is 1. The first kappa shape index (κ1) is 24.8. The number of nitrogens with zero attached hydrogens (tertiary/aromatic N) is 1. The molecule has 1 saturated carbocycles. The van der Waals surface area contributed by atoms with Crippen LogP contribution in [0.4, 0.5) is 0 Å². The number of carbonyl (C=O) groups is 2. The minimum atomic E-state index is -0.754. The van der Waals surface area contributed by atoms with Gasteiger partial charge in [0.1, 0.15) is 0 Å². The SMILES string of the molecule is CC(C)C1=CN([C@H]2CC[C@@H](C(=O)O)C2)C(=O)C[C@@]1(C)c1ccc(CCC(C)(C)C)c(Cl)c1. The molecule has 0 spiro atoms. The number of carbonyl (C=O) groups excluding carboxylic acids is 1. The van der Waals surface area contributed by atoms with Gasteiger partial charge in [0, 0.05) is 29.1 Å². The molecule has 5 heteroatoms. The lowest BCUT2D eigenvalue weighted by atomic mass is 9.68. The summed E-state index contributed by atoms with van der Waals surface area (Å²) >= 11 is 6.71. The molecule has 2 aliphatic rings. The number of carboxylic acid groups (broad SMARTS) is 1. The van der Waals surface area contributed by atoms with Crippen molar-refractivity contribution in [3.8, 4) is 0 Å². The Hall–Kier alpha value is -1.81. The molecule has 1 fully saturated rings. The van der Waals surface area contributed by atoms with E-state index >= 15 is 0 Å². The maximum Gasteiger partial charge on any atom is 0.306 e. The largest absolute Gasteiger partial charge is 0.481 e. The summed E-state index contributed by atoms with van der Waals surface area (Å²) in [5, 5.41) is 10.1. The highest BCUT2D eigenvalue weighted by Crippen LogP contribution is 2.45. The molecule has 1 N–H and O–H groups in total. The van der Waals surface area contributed by atoms with E-state index in [4.69, 9.17) is 11.6 Å². The fourth-order valence-electron chi connectivity index (χ4n) is 5.26. The van der Waals surface area contributed by atoms with E-state index in [0.717, 1.165) is 35.4 Å². The second-order valence-electron chi connectivity index (χ2n) is 11.4. The Morgan fingerprint density at radius 3 is 2.50 bits per heavy atom. The molecule has 0 radical (unpaired) electrons. The Morgan fingerprint density at radius 1 is 1.28 bits per heavy atom. The van der Waals surface area contributed by atoms with Crippen LogP contribution in [0.25, 0.3) is 0 Å². The molecule has 1 aromatic rings. The van der Waals surface area contributed by atoms with Crippen molar-refractivity contribution in [2.24, 2.45) is 17.3 Å². The van der Waals surface area contributed by atoms with Gasteiger partial charge in [-0.05, 0) is 66.2 Å². The van der Waals surface area contributed by atoms with E-state index in [9.17, 15) is 14.7 Å². The van der Waals surface area contributed by atoms with Crippen LogP contribution in [0, 0.1) is 17.3 Å². The molecule has 3 atom stereocenters. The zero-order valence-electron chi connectivity index (χ0n) is 20.4. The van der Waals surface area contributed by atoms with Crippen molar-refractivity contribution in [2.45, 2.75) is 91.5 Å². The molecule has 176 valence electrons. The summed E-state index contributed by atoms with van der Waals surface area (Å²) in [7, 11) is 0. The van der Waals surface area contributed by atoms with Gasteiger partial charge in [-0.1, -0.05) is 65.3 Å². The third-order valence-corrected chi connectivity index (χ3v) is 7.66. The summed E-state index contributed by atoms with van der Waals surface area (Å²) < 4.78 is 0. The molecular weight excluding hydrogens is 422 g/mol. The Bertz CT molecular complexity index is 914. The topological polar surface area (TPSA) is 57.6 Å². The normalized spacial score (nSPS) is 26.6. The fraction of sp³-hybridized carbons (Fsp3) is 0.630. The van der Waals surface area contributed by atoms with Gasteiger partial charge >= 0.3 is 5.97 Å². The first-order chi connectivity index (χ1) is 14.8. The van der Waals surface area contributed by atoms with Gasteiger partial charge in [-0.15, -0.1) is 0 Å². The maximum atomic E-state index is 13.3. The minimum Gasteiger partial charge on any atom is -0.481 e. The number of hydrogen-bond acceptors (Lipinski definition) is 2. The number of hydrogen-bond donors (Lipinski definition) is 1. The van der Waals surface area contributed by atoms with E-state index in [1.54, 1.807) is 0 Å². The van der Waals surface area contributed by atoms with Crippen LogP contribution in [0.5, 0.6) is 0 Å². The molecule has 1 aliphatic heterocycles. The third-order valence-electron chi connectivity index (χ3n) is 7.31. The van der Waals surface area contributed by atoms with E-state index in [2.05, 4.69) is 59.7 Å².